The number of likely N-dealkylation sites (tertiary alicyclic amines) is 1. The van der Waals surface area contributed by atoms with Crippen LogP contribution in [0.5, 0.6) is 0 Å². The van der Waals surface area contributed by atoms with Gasteiger partial charge < -0.3 is 15.5 Å². The molecule has 0 spiro atoms. The molecule has 3 aromatic carbocycles. The highest BCUT2D eigenvalue weighted by molar-refractivity contribution is 6.01. The topological polar surface area (TPSA) is 61.4 Å². The Labute approximate surface area is 287 Å². The summed E-state index contributed by atoms with van der Waals surface area (Å²) in [7, 11) is 0. The molecular formula is C39H39F6N3O2. The quantitative estimate of drug-likeness (QED) is 0.166. The fourth-order valence-electron chi connectivity index (χ4n) is 7.63. The van der Waals surface area contributed by atoms with Gasteiger partial charge in [0, 0.05) is 30.3 Å². The van der Waals surface area contributed by atoms with Crippen molar-refractivity contribution in [3.8, 4) is 11.1 Å². The van der Waals surface area contributed by atoms with E-state index in [9.17, 15) is 35.9 Å². The summed E-state index contributed by atoms with van der Waals surface area (Å²) in [4.78, 5) is 29.3. The molecule has 264 valence electrons. The zero-order valence-electron chi connectivity index (χ0n) is 27.5. The number of carbonyl (C=O) groups is 2. The number of rotatable bonds is 10. The van der Waals surface area contributed by atoms with Crippen LogP contribution in [0, 0.1) is 0 Å². The Morgan fingerprint density at radius 1 is 0.760 bits per heavy atom. The SMILES string of the molecule is O=C(NC1CCN(CCCCC2(C(=O)NCC(F)(F)F)c3ccccc3-c3ccccc32)CC1)c1ccccc1C1=CC=C(C(F)(F)F)CC1. The number of hydrogen-bond acceptors (Lipinski definition) is 3. The van der Waals surface area contributed by atoms with Crippen LogP contribution in [0.2, 0.25) is 0 Å². The number of halogens is 6. The number of nitrogens with one attached hydrogen (secondary N) is 2. The molecule has 0 atom stereocenters. The summed E-state index contributed by atoms with van der Waals surface area (Å²) in [6.45, 7) is 0.832. The van der Waals surface area contributed by atoms with Crippen molar-refractivity contribution in [2.45, 2.75) is 68.8 Å². The fourth-order valence-corrected chi connectivity index (χ4v) is 7.63. The Balaban J connectivity index is 1.05. The summed E-state index contributed by atoms with van der Waals surface area (Å²) in [6, 6.07) is 21.8. The number of benzene rings is 3. The Morgan fingerprint density at radius 2 is 1.36 bits per heavy atom. The van der Waals surface area contributed by atoms with Gasteiger partial charge in [-0.05, 0) is 84.5 Å². The highest BCUT2D eigenvalue weighted by atomic mass is 19.4. The van der Waals surface area contributed by atoms with E-state index in [0.29, 0.717) is 29.5 Å². The van der Waals surface area contributed by atoms with Gasteiger partial charge in [0.15, 0.2) is 0 Å². The van der Waals surface area contributed by atoms with Crippen molar-refractivity contribution in [2.75, 3.05) is 26.2 Å². The number of amides is 2. The van der Waals surface area contributed by atoms with Crippen molar-refractivity contribution >= 4 is 17.4 Å². The van der Waals surface area contributed by atoms with E-state index < -0.39 is 35.8 Å². The smallest absolute Gasteiger partial charge is 0.349 e. The van der Waals surface area contributed by atoms with Crippen molar-refractivity contribution in [3.63, 3.8) is 0 Å². The lowest BCUT2D eigenvalue weighted by Crippen LogP contribution is -2.47. The lowest BCUT2D eigenvalue weighted by atomic mass is 9.73. The van der Waals surface area contributed by atoms with Gasteiger partial charge in [-0.3, -0.25) is 9.59 Å². The summed E-state index contributed by atoms with van der Waals surface area (Å²) in [5.41, 5.74) is 3.14. The van der Waals surface area contributed by atoms with E-state index in [2.05, 4.69) is 15.5 Å². The van der Waals surface area contributed by atoms with E-state index in [1.165, 1.54) is 6.08 Å². The van der Waals surface area contributed by atoms with Gasteiger partial charge in [0.05, 0.1) is 0 Å². The summed E-state index contributed by atoms with van der Waals surface area (Å²) in [5.74, 6) is -0.899. The van der Waals surface area contributed by atoms with Crippen LogP contribution in [-0.4, -0.2) is 61.3 Å². The zero-order chi connectivity index (χ0) is 35.5. The number of piperidine rings is 1. The number of nitrogens with zero attached hydrogens (tertiary/aromatic N) is 1. The minimum absolute atomic E-state index is 0.0593. The van der Waals surface area contributed by atoms with Crippen molar-refractivity contribution in [1.82, 2.24) is 15.5 Å². The Bertz CT molecular complexity index is 1740. The zero-order valence-corrected chi connectivity index (χ0v) is 27.5. The molecule has 11 heteroatoms. The molecule has 0 unspecified atom stereocenters. The minimum atomic E-state index is -4.53. The molecule has 1 saturated heterocycles. The lowest BCUT2D eigenvalue weighted by Gasteiger charge is -2.33. The molecule has 5 nitrogen and oxygen atoms in total. The Hall–Kier alpha value is -4.38. The molecule has 1 aliphatic heterocycles. The van der Waals surface area contributed by atoms with E-state index in [1.807, 2.05) is 48.5 Å². The number of alkyl halides is 6. The summed E-state index contributed by atoms with van der Waals surface area (Å²) in [5, 5.41) is 5.30. The highest BCUT2D eigenvalue weighted by Crippen LogP contribution is 2.51. The number of allylic oxidation sites excluding steroid dienone is 4. The van der Waals surface area contributed by atoms with Gasteiger partial charge >= 0.3 is 12.4 Å². The monoisotopic (exact) mass is 695 g/mol. The second-order valence-electron chi connectivity index (χ2n) is 13.3. The maximum atomic E-state index is 13.7. The first-order chi connectivity index (χ1) is 23.9. The third-order valence-electron chi connectivity index (χ3n) is 10.1. The van der Waals surface area contributed by atoms with Crippen LogP contribution in [0.1, 0.15) is 72.0 Å². The van der Waals surface area contributed by atoms with Gasteiger partial charge in [-0.25, -0.2) is 0 Å². The van der Waals surface area contributed by atoms with Gasteiger partial charge in [-0.1, -0.05) is 85.3 Å². The normalized spacial score (nSPS) is 17.7. The largest absolute Gasteiger partial charge is 0.412 e. The first-order valence-electron chi connectivity index (χ1n) is 17.0. The third-order valence-corrected chi connectivity index (χ3v) is 10.1. The van der Waals surface area contributed by atoms with Crippen LogP contribution >= 0.6 is 0 Å². The average molecular weight is 696 g/mol. The predicted molar refractivity (Wildman–Crippen MR) is 180 cm³/mol. The molecule has 1 heterocycles. The number of unbranched alkanes of at least 4 members (excludes halogenated alkanes) is 1. The van der Waals surface area contributed by atoms with Crippen molar-refractivity contribution in [3.05, 3.63) is 113 Å². The molecule has 0 saturated carbocycles. The maximum absolute atomic E-state index is 13.7. The maximum Gasteiger partial charge on any atom is 0.412 e. The van der Waals surface area contributed by atoms with Crippen LogP contribution in [0.25, 0.3) is 16.7 Å². The first-order valence-corrected chi connectivity index (χ1v) is 17.0. The molecule has 6 rings (SSSR count). The van der Waals surface area contributed by atoms with Crippen molar-refractivity contribution in [2.24, 2.45) is 0 Å². The lowest BCUT2D eigenvalue weighted by molar-refractivity contribution is -0.141. The predicted octanol–water partition coefficient (Wildman–Crippen LogP) is 8.36. The van der Waals surface area contributed by atoms with Crippen molar-refractivity contribution in [1.29, 1.82) is 0 Å². The second kappa shape index (κ2) is 14.5. The van der Waals surface area contributed by atoms with E-state index in [-0.39, 0.29) is 24.8 Å². The third kappa shape index (κ3) is 7.52. The molecule has 2 aliphatic carbocycles. The molecule has 0 aromatic heterocycles. The molecule has 50 heavy (non-hydrogen) atoms. The minimum Gasteiger partial charge on any atom is -0.349 e. The van der Waals surface area contributed by atoms with Crippen molar-refractivity contribution < 1.29 is 35.9 Å². The highest BCUT2D eigenvalue weighted by Gasteiger charge is 2.49. The molecule has 2 amide bonds. The number of carbonyl (C=O) groups excluding carboxylic acids is 2. The van der Waals surface area contributed by atoms with E-state index >= 15 is 0 Å². The van der Waals surface area contributed by atoms with Crippen LogP contribution in [0.4, 0.5) is 26.3 Å². The summed E-state index contributed by atoms with van der Waals surface area (Å²) < 4.78 is 78.8. The van der Waals surface area contributed by atoms with Gasteiger partial charge in [0.25, 0.3) is 5.91 Å². The molecular weight excluding hydrogens is 656 g/mol. The Morgan fingerprint density at radius 3 is 1.94 bits per heavy atom. The molecule has 2 N–H and O–H groups in total. The molecule has 0 bridgehead atoms. The van der Waals surface area contributed by atoms with Gasteiger partial charge in [-0.2, -0.15) is 26.3 Å². The van der Waals surface area contributed by atoms with Crippen LogP contribution < -0.4 is 10.6 Å². The standard InChI is InChI=1S/C39H39F6N3O2/c40-38(41,42)25-46-36(50)37(33-13-5-3-10-30(33)31-11-4-6-14-34(31)37)21-7-8-22-48-23-19-28(20-24-48)47-35(49)32-12-2-1-9-29(32)26-15-17-27(18-16-26)39(43,44)45/h1-6,9-15,17,28H,7-8,16,18-25H2,(H,46,50)(H,47,49). The first kappa shape index (κ1) is 35.4. The fraction of sp³-hybridized carbons (Fsp3) is 0.385. The molecule has 3 aliphatic rings. The average Bonchev–Trinajstić information content (AvgIpc) is 3.39. The van der Waals surface area contributed by atoms with E-state index in [4.69, 9.17) is 0 Å². The Kier molecular flexibility index (Phi) is 10.3. The van der Waals surface area contributed by atoms with Crippen LogP contribution in [0.15, 0.2) is 90.5 Å². The number of fused-ring (bicyclic) bond motifs is 3. The van der Waals surface area contributed by atoms with Crippen LogP contribution in [-0.2, 0) is 10.2 Å². The van der Waals surface area contributed by atoms with Gasteiger partial charge in [0.2, 0.25) is 5.91 Å². The van der Waals surface area contributed by atoms with E-state index in [0.717, 1.165) is 67.2 Å². The summed E-state index contributed by atoms with van der Waals surface area (Å²) >= 11 is 0. The van der Waals surface area contributed by atoms with Gasteiger partial charge in [0.1, 0.15) is 12.0 Å². The second-order valence-corrected chi connectivity index (χ2v) is 13.3. The van der Waals surface area contributed by atoms with Crippen LogP contribution in [0.3, 0.4) is 0 Å². The number of hydrogen-bond donors (Lipinski definition) is 2. The van der Waals surface area contributed by atoms with Gasteiger partial charge in [-0.15, -0.1) is 0 Å². The summed E-state index contributed by atoms with van der Waals surface area (Å²) in [6.07, 6.45) is -3.11. The van der Waals surface area contributed by atoms with E-state index in [1.54, 1.807) is 24.3 Å². The molecule has 0 radical (unpaired) electrons. The molecule has 1 fully saturated rings. The molecule has 3 aromatic rings.